The number of benzene rings is 1. The molecule has 4 nitrogen and oxygen atoms in total. The summed E-state index contributed by atoms with van der Waals surface area (Å²) < 4.78 is 5.60. The zero-order valence-electron chi connectivity index (χ0n) is 15.6. The Morgan fingerprint density at radius 3 is 2.48 bits per heavy atom. The number of nitrogens with zero attached hydrogens (tertiary/aromatic N) is 2. The second-order valence-corrected chi connectivity index (χ2v) is 8.09. The largest absolute Gasteiger partial charge is 0.496 e. The summed E-state index contributed by atoms with van der Waals surface area (Å²) in [6.45, 7) is 3.32. The maximum Gasteiger partial charge on any atom is 0.193 e. The molecule has 2 unspecified atom stereocenters. The number of fused-ring (bicyclic) bond motifs is 1. The molecule has 4 heteroatoms. The summed E-state index contributed by atoms with van der Waals surface area (Å²) in [5, 5.41) is 3.69. The molecule has 0 radical (unpaired) electrons. The first-order valence-electron chi connectivity index (χ1n) is 9.85. The molecule has 0 aromatic heterocycles. The zero-order chi connectivity index (χ0) is 17.3. The van der Waals surface area contributed by atoms with Crippen LogP contribution in [-0.2, 0) is 5.41 Å². The predicted octanol–water partition coefficient (Wildman–Crippen LogP) is 3.42. The van der Waals surface area contributed by atoms with Gasteiger partial charge in [-0.15, -0.1) is 0 Å². The fourth-order valence-electron chi connectivity index (χ4n) is 4.93. The van der Waals surface area contributed by atoms with Crippen molar-refractivity contribution in [2.45, 2.75) is 43.9 Å². The molecule has 1 saturated heterocycles. The van der Waals surface area contributed by atoms with E-state index >= 15 is 0 Å². The molecule has 136 valence electrons. The Bertz CT molecular complexity index is 624. The fraction of sp³-hybridized carbons (Fsp3) is 0.667. The molecule has 1 N–H and O–H groups in total. The number of nitrogens with one attached hydrogen (secondary N) is 1. The van der Waals surface area contributed by atoms with Crippen molar-refractivity contribution in [2.24, 2.45) is 16.8 Å². The summed E-state index contributed by atoms with van der Waals surface area (Å²) >= 11 is 0. The van der Waals surface area contributed by atoms with Crippen molar-refractivity contribution < 1.29 is 4.74 Å². The normalized spacial score (nSPS) is 27.8. The van der Waals surface area contributed by atoms with E-state index in [2.05, 4.69) is 39.5 Å². The molecule has 4 rings (SSSR count). The van der Waals surface area contributed by atoms with Gasteiger partial charge >= 0.3 is 0 Å². The molecule has 25 heavy (non-hydrogen) atoms. The molecule has 0 bridgehead atoms. The smallest absolute Gasteiger partial charge is 0.193 e. The molecule has 0 amide bonds. The first-order valence-corrected chi connectivity index (χ1v) is 9.85. The average molecular weight is 341 g/mol. The number of aliphatic imine (C=N–C) groups is 1. The van der Waals surface area contributed by atoms with Crippen LogP contribution in [0, 0.1) is 11.8 Å². The zero-order valence-corrected chi connectivity index (χ0v) is 15.6. The molecule has 0 spiro atoms. The number of rotatable bonds is 4. The van der Waals surface area contributed by atoms with Crippen LogP contribution in [0.5, 0.6) is 5.75 Å². The van der Waals surface area contributed by atoms with E-state index < -0.39 is 0 Å². The van der Waals surface area contributed by atoms with Gasteiger partial charge in [-0.2, -0.15) is 0 Å². The summed E-state index contributed by atoms with van der Waals surface area (Å²) in [6.07, 6.45) is 8.09. The number of hydrogen-bond donors (Lipinski definition) is 1. The third-order valence-corrected chi connectivity index (χ3v) is 6.60. The number of methoxy groups -OCH3 is 1. The van der Waals surface area contributed by atoms with Crippen molar-refractivity contribution in [3.63, 3.8) is 0 Å². The Morgan fingerprint density at radius 2 is 1.88 bits per heavy atom. The summed E-state index contributed by atoms with van der Waals surface area (Å²) in [4.78, 5) is 7.09. The van der Waals surface area contributed by atoms with Crippen LogP contribution in [0.3, 0.4) is 0 Å². The summed E-state index contributed by atoms with van der Waals surface area (Å²) in [6, 6.07) is 8.48. The first-order chi connectivity index (χ1) is 12.3. The highest BCUT2D eigenvalue weighted by Gasteiger charge is 2.46. The molecule has 1 aromatic carbocycles. The predicted molar refractivity (Wildman–Crippen MR) is 102 cm³/mol. The lowest BCUT2D eigenvalue weighted by Crippen LogP contribution is -2.43. The Labute approximate surface area is 151 Å². The number of guanidine groups is 1. The number of likely N-dealkylation sites (tertiary alicyclic amines) is 1. The lowest BCUT2D eigenvalue weighted by atomic mass is 9.82. The Morgan fingerprint density at radius 1 is 1.20 bits per heavy atom. The molecule has 1 heterocycles. The minimum atomic E-state index is 0.217. The fourth-order valence-corrected chi connectivity index (χ4v) is 4.93. The van der Waals surface area contributed by atoms with Crippen LogP contribution < -0.4 is 10.1 Å². The van der Waals surface area contributed by atoms with E-state index in [-0.39, 0.29) is 5.41 Å². The van der Waals surface area contributed by atoms with Crippen LogP contribution in [0.15, 0.2) is 29.3 Å². The van der Waals surface area contributed by atoms with Crippen molar-refractivity contribution in [3.8, 4) is 5.75 Å². The SMILES string of the molecule is CN=C(NCC1(c2ccccc2OC)CC1)N1CC2CCCCC2C1. The topological polar surface area (TPSA) is 36.9 Å². The number of hydrogen-bond acceptors (Lipinski definition) is 2. The minimum absolute atomic E-state index is 0.217. The van der Waals surface area contributed by atoms with E-state index in [0.717, 1.165) is 30.1 Å². The van der Waals surface area contributed by atoms with Crippen molar-refractivity contribution in [1.29, 1.82) is 0 Å². The average Bonchev–Trinajstić information content (AvgIpc) is 3.32. The minimum Gasteiger partial charge on any atom is -0.496 e. The summed E-state index contributed by atoms with van der Waals surface area (Å²) in [7, 11) is 3.69. The Hall–Kier alpha value is -1.71. The lowest BCUT2D eigenvalue weighted by molar-refractivity contribution is 0.299. The highest BCUT2D eigenvalue weighted by atomic mass is 16.5. The molecule has 2 aliphatic carbocycles. The molecular formula is C21H31N3O. The Balaban J connectivity index is 1.41. The van der Waals surface area contributed by atoms with Gasteiger partial charge in [0.15, 0.2) is 5.96 Å². The summed E-state index contributed by atoms with van der Waals surface area (Å²) in [5.74, 6) is 3.88. The molecule has 1 aromatic rings. The van der Waals surface area contributed by atoms with Crippen LogP contribution in [0.25, 0.3) is 0 Å². The number of ether oxygens (including phenoxy) is 1. The van der Waals surface area contributed by atoms with Crippen LogP contribution in [-0.4, -0.2) is 44.7 Å². The van der Waals surface area contributed by atoms with Gasteiger partial charge in [0, 0.05) is 37.7 Å². The van der Waals surface area contributed by atoms with Crippen molar-refractivity contribution in [1.82, 2.24) is 10.2 Å². The van der Waals surface area contributed by atoms with Crippen LogP contribution in [0.4, 0.5) is 0 Å². The van der Waals surface area contributed by atoms with Crippen LogP contribution in [0.1, 0.15) is 44.1 Å². The monoisotopic (exact) mass is 341 g/mol. The second kappa shape index (κ2) is 6.89. The van der Waals surface area contributed by atoms with E-state index in [1.165, 1.54) is 57.2 Å². The van der Waals surface area contributed by atoms with E-state index in [1.54, 1.807) is 7.11 Å². The van der Waals surface area contributed by atoms with Crippen molar-refractivity contribution in [2.75, 3.05) is 33.8 Å². The molecular weight excluding hydrogens is 310 g/mol. The molecule has 3 fully saturated rings. The van der Waals surface area contributed by atoms with Gasteiger partial charge in [-0.1, -0.05) is 31.0 Å². The standard InChI is InChI=1S/C21H31N3O/c1-22-20(24-13-16-7-3-4-8-17(16)14-24)23-15-21(11-12-21)18-9-5-6-10-19(18)25-2/h5-6,9-10,16-17H,3-4,7-8,11-15H2,1-2H3,(H,22,23). The van der Waals surface area contributed by atoms with E-state index in [9.17, 15) is 0 Å². The van der Waals surface area contributed by atoms with Crippen molar-refractivity contribution >= 4 is 5.96 Å². The molecule has 2 atom stereocenters. The molecule has 3 aliphatic rings. The lowest BCUT2D eigenvalue weighted by Gasteiger charge is -2.25. The van der Waals surface area contributed by atoms with Gasteiger partial charge in [0.1, 0.15) is 5.75 Å². The van der Waals surface area contributed by atoms with Gasteiger partial charge in [-0.25, -0.2) is 0 Å². The van der Waals surface area contributed by atoms with Gasteiger partial charge in [0.25, 0.3) is 0 Å². The molecule has 2 saturated carbocycles. The maximum atomic E-state index is 5.60. The van der Waals surface area contributed by atoms with Crippen molar-refractivity contribution in [3.05, 3.63) is 29.8 Å². The quantitative estimate of drug-likeness (QED) is 0.673. The summed E-state index contributed by atoms with van der Waals surface area (Å²) in [5.41, 5.74) is 1.56. The van der Waals surface area contributed by atoms with E-state index in [0.29, 0.717) is 0 Å². The van der Waals surface area contributed by atoms with Crippen LogP contribution in [0.2, 0.25) is 0 Å². The molecule has 1 aliphatic heterocycles. The highest BCUT2D eigenvalue weighted by Crippen LogP contribution is 2.50. The van der Waals surface area contributed by atoms with Gasteiger partial charge < -0.3 is 15.0 Å². The van der Waals surface area contributed by atoms with Gasteiger partial charge in [-0.3, -0.25) is 4.99 Å². The third kappa shape index (κ3) is 3.23. The van der Waals surface area contributed by atoms with E-state index in [4.69, 9.17) is 4.74 Å². The number of para-hydroxylation sites is 1. The Kier molecular flexibility index (Phi) is 4.61. The van der Waals surface area contributed by atoms with Gasteiger partial charge in [0.05, 0.1) is 7.11 Å². The highest BCUT2D eigenvalue weighted by molar-refractivity contribution is 5.80. The first kappa shape index (κ1) is 16.7. The second-order valence-electron chi connectivity index (χ2n) is 8.09. The maximum absolute atomic E-state index is 5.60. The van der Waals surface area contributed by atoms with Crippen LogP contribution >= 0.6 is 0 Å². The van der Waals surface area contributed by atoms with E-state index in [1.807, 2.05) is 7.05 Å². The van der Waals surface area contributed by atoms with Gasteiger partial charge in [-0.05, 0) is 43.6 Å². The van der Waals surface area contributed by atoms with Gasteiger partial charge in [0.2, 0.25) is 0 Å². The third-order valence-electron chi connectivity index (χ3n) is 6.60.